The summed E-state index contributed by atoms with van der Waals surface area (Å²) in [5, 5.41) is 2.09. The van der Waals surface area contributed by atoms with Crippen molar-refractivity contribution >= 4 is 39.4 Å². The molecule has 3 aromatic rings. The Morgan fingerprint density at radius 2 is 1.68 bits per heavy atom. The number of ether oxygens (including phenoxy) is 1. The van der Waals surface area contributed by atoms with E-state index in [1.807, 2.05) is 67.5 Å². The fourth-order valence-corrected chi connectivity index (χ4v) is 5.37. The van der Waals surface area contributed by atoms with Gasteiger partial charge in [0, 0.05) is 30.1 Å². The maximum atomic E-state index is 13.1. The number of ketones is 2. The first-order valence-electron chi connectivity index (χ1n) is 11.4. The van der Waals surface area contributed by atoms with Gasteiger partial charge in [-0.1, -0.05) is 48.5 Å². The molecule has 0 amide bonds. The van der Waals surface area contributed by atoms with E-state index in [2.05, 4.69) is 30.6 Å². The van der Waals surface area contributed by atoms with Crippen LogP contribution in [0.2, 0.25) is 0 Å². The number of allylic oxidation sites excluding steroid dienone is 3. The van der Waals surface area contributed by atoms with Crippen molar-refractivity contribution in [3.05, 3.63) is 89.8 Å². The summed E-state index contributed by atoms with van der Waals surface area (Å²) in [6.45, 7) is 4.25. The van der Waals surface area contributed by atoms with Crippen molar-refractivity contribution in [3.8, 4) is 5.75 Å². The number of para-hydroxylation sites is 1. The van der Waals surface area contributed by atoms with Gasteiger partial charge in [-0.25, -0.2) is 0 Å². The molecular weight excluding hydrogens is 424 g/mol. The van der Waals surface area contributed by atoms with Crippen molar-refractivity contribution in [1.29, 1.82) is 0 Å². The van der Waals surface area contributed by atoms with Crippen LogP contribution in [-0.2, 0) is 15.0 Å². The summed E-state index contributed by atoms with van der Waals surface area (Å²) < 4.78 is 8.22. The average molecular weight is 450 g/mol. The molecule has 0 N–H and O–H groups in total. The van der Waals surface area contributed by atoms with Gasteiger partial charge in [-0.3, -0.25) is 9.59 Å². The topological polar surface area (TPSA) is 49.6 Å². The van der Waals surface area contributed by atoms with E-state index in [1.165, 1.54) is 5.56 Å². The van der Waals surface area contributed by atoms with E-state index in [-0.39, 0.29) is 22.6 Å². The number of Topliss-reactive ketones (excluding diaryl/α,β-unsaturated/α-hetero) is 2. The molecule has 34 heavy (non-hydrogen) atoms. The Kier molecular flexibility index (Phi) is 4.24. The lowest BCUT2D eigenvalue weighted by atomic mass is 9.73. The summed E-state index contributed by atoms with van der Waals surface area (Å²) in [6, 6.07) is 20.2. The number of nitrogens with zero attached hydrogens (tertiary/aromatic N) is 2. The van der Waals surface area contributed by atoms with Crippen molar-refractivity contribution in [2.24, 2.45) is 5.92 Å². The summed E-state index contributed by atoms with van der Waals surface area (Å²) in [5.41, 5.74) is 4.12. The molecule has 3 aromatic carbocycles. The second-order valence-corrected chi connectivity index (χ2v) is 9.65. The Bertz CT molecular complexity index is 1510. The van der Waals surface area contributed by atoms with E-state index in [9.17, 15) is 9.59 Å². The van der Waals surface area contributed by atoms with E-state index in [0.717, 1.165) is 33.6 Å². The van der Waals surface area contributed by atoms with Crippen LogP contribution in [0, 0.1) is 5.92 Å². The molecule has 168 valence electrons. The number of hydrogen-bond donors (Lipinski definition) is 0. The maximum absolute atomic E-state index is 13.1. The third kappa shape index (κ3) is 2.70. The highest BCUT2D eigenvalue weighted by atomic mass is 16.5. The molecule has 5 heteroatoms. The van der Waals surface area contributed by atoms with Crippen LogP contribution >= 0.6 is 0 Å². The third-order valence-corrected chi connectivity index (χ3v) is 7.38. The van der Waals surface area contributed by atoms with Crippen molar-refractivity contribution in [3.63, 3.8) is 0 Å². The highest BCUT2D eigenvalue weighted by Crippen LogP contribution is 2.44. The molecular formula is C29H25N2O3+. The monoisotopic (exact) mass is 449 g/mol. The Hall–Kier alpha value is -3.99. The fraction of sp³-hybridized carbons (Fsp3) is 0.207. The first-order chi connectivity index (χ1) is 16.3. The minimum atomic E-state index is -0.818. The minimum Gasteiger partial charge on any atom is -0.438 e. The van der Waals surface area contributed by atoms with Crippen molar-refractivity contribution in [2.45, 2.75) is 19.3 Å². The zero-order valence-corrected chi connectivity index (χ0v) is 19.6. The van der Waals surface area contributed by atoms with Crippen LogP contribution in [0.1, 0.15) is 19.4 Å². The van der Waals surface area contributed by atoms with Gasteiger partial charge in [0.1, 0.15) is 13.0 Å². The van der Waals surface area contributed by atoms with Crippen LogP contribution in [-0.4, -0.2) is 35.9 Å². The lowest BCUT2D eigenvalue weighted by molar-refractivity contribution is -0.401. The van der Waals surface area contributed by atoms with Gasteiger partial charge in [0.15, 0.2) is 28.9 Å². The number of carbonyl (C=O) groups is 2. The molecule has 3 aliphatic rings. The molecule has 1 fully saturated rings. The van der Waals surface area contributed by atoms with Gasteiger partial charge in [0.2, 0.25) is 5.69 Å². The average Bonchev–Trinajstić information content (AvgIpc) is 3.27. The van der Waals surface area contributed by atoms with Gasteiger partial charge in [0.05, 0.1) is 16.7 Å². The quantitative estimate of drug-likeness (QED) is 0.241. The van der Waals surface area contributed by atoms with Gasteiger partial charge in [-0.15, -0.1) is 0 Å². The normalized spacial score (nSPS) is 21.6. The van der Waals surface area contributed by atoms with Gasteiger partial charge in [0.25, 0.3) is 0 Å². The lowest BCUT2D eigenvalue weighted by Gasteiger charge is -2.25. The number of fused-ring (bicyclic) bond motifs is 4. The molecule has 1 saturated carbocycles. The van der Waals surface area contributed by atoms with Crippen LogP contribution < -0.4 is 9.64 Å². The molecule has 0 saturated heterocycles. The van der Waals surface area contributed by atoms with Crippen molar-refractivity contribution < 1.29 is 18.9 Å². The summed E-state index contributed by atoms with van der Waals surface area (Å²) in [4.78, 5) is 28.1. The third-order valence-electron chi connectivity index (χ3n) is 7.38. The van der Waals surface area contributed by atoms with Crippen LogP contribution in [0.3, 0.4) is 0 Å². The first-order valence-corrected chi connectivity index (χ1v) is 11.4. The Balaban J connectivity index is 1.31. The summed E-state index contributed by atoms with van der Waals surface area (Å²) in [6.07, 6.45) is 3.43. The number of rotatable bonds is 2. The molecule has 2 aliphatic heterocycles. The van der Waals surface area contributed by atoms with E-state index in [0.29, 0.717) is 5.88 Å². The highest BCUT2D eigenvalue weighted by Gasteiger charge is 2.48. The second kappa shape index (κ2) is 7.00. The van der Waals surface area contributed by atoms with E-state index in [4.69, 9.17) is 4.74 Å². The van der Waals surface area contributed by atoms with Crippen LogP contribution in [0.15, 0.2) is 84.3 Å². The van der Waals surface area contributed by atoms with Gasteiger partial charge < -0.3 is 9.64 Å². The van der Waals surface area contributed by atoms with E-state index in [1.54, 1.807) is 12.2 Å². The molecule has 0 aromatic heterocycles. The molecule has 2 heterocycles. The fourth-order valence-electron chi connectivity index (χ4n) is 5.37. The molecule has 0 unspecified atom stereocenters. The van der Waals surface area contributed by atoms with E-state index >= 15 is 0 Å². The summed E-state index contributed by atoms with van der Waals surface area (Å²) in [5.74, 6) is 0.118. The van der Waals surface area contributed by atoms with Gasteiger partial charge in [-0.2, -0.15) is 4.58 Å². The molecule has 0 bridgehead atoms. The molecule has 0 atom stereocenters. The zero-order chi connectivity index (χ0) is 23.8. The maximum Gasteiger partial charge on any atom is 0.209 e. The minimum absolute atomic E-state index is 0.164. The highest BCUT2D eigenvalue weighted by molar-refractivity contribution is 6.41. The summed E-state index contributed by atoms with van der Waals surface area (Å²) in [7, 11) is 3.87. The largest absolute Gasteiger partial charge is 0.438 e. The first kappa shape index (κ1) is 20.6. The zero-order valence-electron chi connectivity index (χ0n) is 19.6. The number of anilines is 1. The van der Waals surface area contributed by atoms with Crippen molar-refractivity contribution in [1.82, 2.24) is 0 Å². The Morgan fingerprint density at radius 1 is 0.971 bits per heavy atom. The SMILES string of the molecule is CN1/C(=C\C2C(=O)C(=CC3=[N+](C)c4ccccc4C3(C)C)C2=O)Oc2c1ccc1ccccc21. The Labute approximate surface area is 198 Å². The van der Waals surface area contributed by atoms with Crippen molar-refractivity contribution in [2.75, 3.05) is 19.0 Å². The molecule has 1 aliphatic carbocycles. The van der Waals surface area contributed by atoms with E-state index < -0.39 is 5.92 Å². The number of benzene rings is 3. The number of hydrogen-bond acceptors (Lipinski definition) is 4. The second-order valence-electron chi connectivity index (χ2n) is 9.65. The Morgan fingerprint density at radius 3 is 2.44 bits per heavy atom. The van der Waals surface area contributed by atoms with Gasteiger partial charge in [-0.05, 0) is 31.4 Å². The molecule has 0 radical (unpaired) electrons. The van der Waals surface area contributed by atoms with Crippen LogP contribution in [0.25, 0.3) is 10.8 Å². The van der Waals surface area contributed by atoms with Gasteiger partial charge >= 0.3 is 0 Å². The predicted molar refractivity (Wildman–Crippen MR) is 133 cm³/mol. The molecule has 5 nitrogen and oxygen atoms in total. The smallest absolute Gasteiger partial charge is 0.209 e. The molecule has 0 spiro atoms. The van der Waals surface area contributed by atoms with Crippen LogP contribution in [0.5, 0.6) is 5.75 Å². The lowest BCUT2D eigenvalue weighted by Crippen LogP contribution is -2.42. The molecule has 6 rings (SSSR count). The van der Waals surface area contributed by atoms with Crippen LogP contribution in [0.4, 0.5) is 11.4 Å². The summed E-state index contributed by atoms with van der Waals surface area (Å²) >= 11 is 0. The number of carbonyl (C=O) groups excluding carboxylic acids is 2. The standard InChI is InChI=1S/C29H25N2O3/c1-29(2)21-11-7-8-12-22(21)30(3)24(29)15-19-26(32)20(27(19)33)16-25-31(4)23-14-13-17-9-5-6-10-18(17)28(23)34-25/h5-16,20H,1-4H3/q+1/b19-15?,25-16+. The predicted octanol–water partition coefficient (Wildman–Crippen LogP) is 4.91.